The third kappa shape index (κ3) is 3.16. The topological polar surface area (TPSA) is 29.1 Å². The van der Waals surface area contributed by atoms with E-state index < -0.39 is 5.82 Å². The van der Waals surface area contributed by atoms with Gasteiger partial charge in [0.2, 0.25) is 0 Å². The van der Waals surface area contributed by atoms with E-state index in [1.807, 2.05) is 0 Å². The number of nitrogens with one attached hydrogen (secondary N) is 1. The van der Waals surface area contributed by atoms with E-state index in [4.69, 9.17) is 0 Å². The first-order valence-corrected chi connectivity index (χ1v) is 5.22. The maximum atomic E-state index is 12.9. The first-order chi connectivity index (χ1) is 7.04. The normalized spacial score (nSPS) is 11.9. The van der Waals surface area contributed by atoms with Crippen LogP contribution in [-0.4, -0.2) is 11.9 Å². The molecule has 0 saturated carbocycles. The van der Waals surface area contributed by atoms with Gasteiger partial charge in [-0.05, 0) is 41.1 Å². The van der Waals surface area contributed by atoms with Crippen molar-refractivity contribution in [3.8, 4) is 0 Å². The molecule has 0 aromatic heterocycles. The van der Waals surface area contributed by atoms with Gasteiger partial charge in [0, 0.05) is 10.5 Å². The summed E-state index contributed by atoms with van der Waals surface area (Å²) in [5.41, 5.74) is 0.281. The molecule has 0 spiro atoms. The summed E-state index contributed by atoms with van der Waals surface area (Å²) in [7, 11) is 0. The Hall–Kier alpha value is -1.16. The van der Waals surface area contributed by atoms with E-state index in [1.54, 1.807) is 13.0 Å². The van der Waals surface area contributed by atoms with Crippen molar-refractivity contribution in [2.45, 2.75) is 13.0 Å². The molecule has 1 amide bonds. The number of carbonyl (C=O) groups excluding carboxylic acids is 1. The molecule has 4 heteroatoms. The van der Waals surface area contributed by atoms with Crippen molar-refractivity contribution in [1.29, 1.82) is 0 Å². The highest BCUT2D eigenvalue weighted by Gasteiger charge is 2.11. The third-order valence-electron chi connectivity index (χ3n) is 1.89. The minimum Gasteiger partial charge on any atom is -0.346 e. The highest BCUT2D eigenvalue weighted by Crippen LogP contribution is 2.17. The van der Waals surface area contributed by atoms with Crippen LogP contribution in [0.25, 0.3) is 0 Å². The molecular weight excluding hydrogens is 261 g/mol. The van der Waals surface area contributed by atoms with Gasteiger partial charge in [0.1, 0.15) is 5.82 Å². The minimum atomic E-state index is -0.436. The fourth-order valence-corrected chi connectivity index (χ4v) is 1.44. The number of carbonyl (C=O) groups is 1. The summed E-state index contributed by atoms with van der Waals surface area (Å²) >= 11 is 3.19. The van der Waals surface area contributed by atoms with Crippen molar-refractivity contribution < 1.29 is 9.18 Å². The molecule has 1 aromatic rings. The van der Waals surface area contributed by atoms with Crippen molar-refractivity contribution in [3.05, 3.63) is 46.7 Å². The molecule has 15 heavy (non-hydrogen) atoms. The predicted molar refractivity (Wildman–Crippen MR) is 61.2 cm³/mol. The molecule has 0 saturated heterocycles. The summed E-state index contributed by atoms with van der Waals surface area (Å²) in [6.07, 6.45) is 1.60. The van der Waals surface area contributed by atoms with Gasteiger partial charge in [-0.25, -0.2) is 4.39 Å². The van der Waals surface area contributed by atoms with E-state index in [-0.39, 0.29) is 17.5 Å². The summed E-state index contributed by atoms with van der Waals surface area (Å²) in [4.78, 5) is 11.6. The highest BCUT2D eigenvalue weighted by molar-refractivity contribution is 9.10. The Kier molecular flexibility index (Phi) is 4.03. The maximum Gasteiger partial charge on any atom is 0.252 e. The molecule has 1 aromatic carbocycles. The molecule has 1 rings (SSSR count). The number of halogens is 2. The zero-order valence-electron chi connectivity index (χ0n) is 8.26. The Morgan fingerprint density at radius 3 is 2.93 bits per heavy atom. The van der Waals surface area contributed by atoms with Crippen molar-refractivity contribution >= 4 is 21.8 Å². The van der Waals surface area contributed by atoms with Crippen LogP contribution in [0.4, 0.5) is 4.39 Å². The van der Waals surface area contributed by atoms with Gasteiger partial charge in [-0.1, -0.05) is 6.08 Å². The second kappa shape index (κ2) is 5.07. The Bertz CT molecular complexity index is 392. The predicted octanol–water partition coefficient (Wildman–Crippen LogP) is 2.89. The Balaban J connectivity index is 2.90. The number of hydrogen-bond acceptors (Lipinski definition) is 1. The van der Waals surface area contributed by atoms with Crippen LogP contribution < -0.4 is 5.32 Å². The van der Waals surface area contributed by atoms with Gasteiger partial charge in [0.25, 0.3) is 5.91 Å². The van der Waals surface area contributed by atoms with Crippen LogP contribution in [0.15, 0.2) is 35.3 Å². The zero-order valence-corrected chi connectivity index (χ0v) is 9.84. The lowest BCUT2D eigenvalue weighted by molar-refractivity contribution is 0.0945. The van der Waals surface area contributed by atoms with Crippen LogP contribution in [0.3, 0.4) is 0 Å². The lowest BCUT2D eigenvalue weighted by Crippen LogP contribution is -2.31. The maximum absolute atomic E-state index is 12.9. The van der Waals surface area contributed by atoms with Gasteiger partial charge in [-0.15, -0.1) is 6.58 Å². The van der Waals surface area contributed by atoms with Crippen LogP contribution >= 0.6 is 15.9 Å². The Labute approximate surface area is 96.3 Å². The average Bonchev–Trinajstić information content (AvgIpc) is 2.21. The molecule has 0 aliphatic rings. The highest BCUT2D eigenvalue weighted by atomic mass is 79.9. The largest absolute Gasteiger partial charge is 0.346 e. The number of amides is 1. The summed E-state index contributed by atoms with van der Waals surface area (Å²) in [5, 5.41) is 2.66. The number of benzene rings is 1. The number of hydrogen-bond donors (Lipinski definition) is 1. The average molecular weight is 272 g/mol. The fraction of sp³-hybridized carbons (Fsp3) is 0.182. The summed E-state index contributed by atoms with van der Waals surface area (Å²) in [6, 6.07) is 3.84. The second-order valence-corrected chi connectivity index (χ2v) is 3.98. The minimum absolute atomic E-state index is 0.146. The zero-order chi connectivity index (χ0) is 11.4. The van der Waals surface area contributed by atoms with Crippen molar-refractivity contribution in [2.24, 2.45) is 0 Å². The van der Waals surface area contributed by atoms with Crippen LogP contribution in [-0.2, 0) is 0 Å². The van der Waals surface area contributed by atoms with Crippen LogP contribution in [0, 0.1) is 5.82 Å². The Morgan fingerprint density at radius 2 is 2.33 bits per heavy atom. The quantitative estimate of drug-likeness (QED) is 0.842. The molecule has 2 nitrogen and oxygen atoms in total. The van der Waals surface area contributed by atoms with E-state index in [1.165, 1.54) is 18.2 Å². The van der Waals surface area contributed by atoms with Gasteiger partial charge in [-0.3, -0.25) is 4.79 Å². The molecule has 0 bridgehead atoms. The van der Waals surface area contributed by atoms with E-state index in [2.05, 4.69) is 27.8 Å². The first-order valence-electron chi connectivity index (χ1n) is 4.43. The molecule has 1 unspecified atom stereocenters. The van der Waals surface area contributed by atoms with Gasteiger partial charge in [0.05, 0.1) is 5.56 Å². The van der Waals surface area contributed by atoms with Crippen molar-refractivity contribution in [3.63, 3.8) is 0 Å². The van der Waals surface area contributed by atoms with E-state index in [0.29, 0.717) is 4.47 Å². The van der Waals surface area contributed by atoms with Gasteiger partial charge in [-0.2, -0.15) is 0 Å². The summed E-state index contributed by atoms with van der Waals surface area (Å²) in [6.45, 7) is 5.34. The summed E-state index contributed by atoms with van der Waals surface area (Å²) < 4.78 is 13.5. The fourth-order valence-electron chi connectivity index (χ4n) is 1.01. The smallest absolute Gasteiger partial charge is 0.252 e. The summed E-state index contributed by atoms with van der Waals surface area (Å²) in [5.74, 6) is -0.761. The monoisotopic (exact) mass is 271 g/mol. The van der Waals surface area contributed by atoms with Gasteiger partial charge < -0.3 is 5.32 Å². The van der Waals surface area contributed by atoms with E-state index in [9.17, 15) is 9.18 Å². The molecular formula is C11H11BrFNO. The third-order valence-corrected chi connectivity index (χ3v) is 2.58. The van der Waals surface area contributed by atoms with E-state index >= 15 is 0 Å². The molecule has 0 radical (unpaired) electrons. The Morgan fingerprint density at radius 1 is 1.67 bits per heavy atom. The number of rotatable bonds is 3. The van der Waals surface area contributed by atoms with E-state index in [0.717, 1.165) is 0 Å². The van der Waals surface area contributed by atoms with Crippen LogP contribution in [0.1, 0.15) is 17.3 Å². The van der Waals surface area contributed by atoms with Crippen LogP contribution in [0.2, 0.25) is 0 Å². The van der Waals surface area contributed by atoms with Crippen LogP contribution in [0.5, 0.6) is 0 Å². The van der Waals surface area contributed by atoms with Crippen molar-refractivity contribution in [2.75, 3.05) is 0 Å². The molecule has 1 N–H and O–H groups in total. The van der Waals surface area contributed by atoms with Crippen molar-refractivity contribution in [1.82, 2.24) is 5.32 Å². The first kappa shape index (κ1) is 11.9. The van der Waals surface area contributed by atoms with Gasteiger partial charge in [0.15, 0.2) is 0 Å². The second-order valence-electron chi connectivity index (χ2n) is 3.12. The molecule has 1 atom stereocenters. The lowest BCUT2D eigenvalue weighted by atomic mass is 10.2. The van der Waals surface area contributed by atoms with Gasteiger partial charge >= 0.3 is 0 Å². The molecule has 80 valence electrons. The molecule has 0 fully saturated rings. The molecule has 0 aliphatic carbocycles. The SMILES string of the molecule is C=CC(C)NC(=O)c1cc(F)ccc1Br. The lowest BCUT2D eigenvalue weighted by Gasteiger charge is -2.10. The standard InChI is InChI=1S/C11H11BrFNO/c1-3-7(2)14-11(15)9-6-8(13)4-5-10(9)12/h3-7H,1H2,2H3,(H,14,15). The molecule has 0 aliphatic heterocycles. The molecule has 0 heterocycles.